The van der Waals surface area contributed by atoms with Gasteiger partial charge in [-0.25, -0.2) is 19.0 Å². The molecule has 1 aliphatic rings. The molecule has 1 unspecified atom stereocenters. The van der Waals surface area contributed by atoms with Crippen LogP contribution in [0.1, 0.15) is 23.6 Å². The van der Waals surface area contributed by atoms with Gasteiger partial charge in [0.25, 0.3) is 0 Å². The van der Waals surface area contributed by atoms with E-state index in [0.717, 1.165) is 30.5 Å². The maximum absolute atomic E-state index is 13.9. The molecule has 1 aliphatic carbocycles. The number of hydrogen-bond acceptors (Lipinski definition) is 5. The van der Waals surface area contributed by atoms with Crippen LogP contribution in [0.15, 0.2) is 42.7 Å². The van der Waals surface area contributed by atoms with E-state index in [4.69, 9.17) is 5.73 Å². The number of nitrogens with zero attached hydrogens (tertiary/aromatic N) is 4. The first-order chi connectivity index (χ1) is 13.5. The molecule has 140 valence electrons. The predicted octanol–water partition coefficient (Wildman–Crippen LogP) is 3.59. The van der Waals surface area contributed by atoms with Gasteiger partial charge in [-0.3, -0.25) is 0 Å². The van der Waals surface area contributed by atoms with E-state index in [0.29, 0.717) is 16.7 Å². The van der Waals surface area contributed by atoms with Crippen LogP contribution in [0.25, 0.3) is 22.3 Å². The van der Waals surface area contributed by atoms with Gasteiger partial charge >= 0.3 is 0 Å². The molecule has 28 heavy (non-hydrogen) atoms. The normalized spacial score (nSPS) is 15.9. The van der Waals surface area contributed by atoms with Gasteiger partial charge in [0, 0.05) is 5.56 Å². The maximum Gasteiger partial charge on any atom is 0.200 e. The molecule has 2 heterocycles. The molecule has 0 saturated carbocycles. The van der Waals surface area contributed by atoms with Crippen LogP contribution in [0, 0.1) is 11.6 Å². The zero-order chi connectivity index (χ0) is 19.4. The second-order valence-corrected chi connectivity index (χ2v) is 6.80. The van der Waals surface area contributed by atoms with Crippen LogP contribution < -0.4 is 5.73 Å². The number of hydrogen-bond donors (Lipinski definition) is 2. The minimum Gasteiger partial charge on any atom is -0.505 e. The zero-order valence-electron chi connectivity index (χ0n) is 14.6. The first kappa shape index (κ1) is 16.6. The molecule has 1 atom stereocenters. The molecule has 0 amide bonds. The Morgan fingerprint density at radius 2 is 1.96 bits per heavy atom. The summed E-state index contributed by atoms with van der Waals surface area (Å²) in [5.74, 6) is -3.08. The van der Waals surface area contributed by atoms with Crippen molar-refractivity contribution in [3.05, 3.63) is 65.5 Å². The predicted molar refractivity (Wildman–Crippen MR) is 99.7 cm³/mol. The number of nitrogens with two attached hydrogens (primary N) is 1. The van der Waals surface area contributed by atoms with Gasteiger partial charge in [-0.2, -0.15) is 9.49 Å². The monoisotopic (exact) mass is 379 g/mol. The molecule has 2 aromatic heterocycles. The summed E-state index contributed by atoms with van der Waals surface area (Å²) in [6, 6.07) is 10.2. The molecule has 3 N–H and O–H groups in total. The summed E-state index contributed by atoms with van der Waals surface area (Å²) in [6.07, 6.45) is 3.09. The molecule has 0 radical (unpaired) electrons. The van der Waals surface area contributed by atoms with Gasteiger partial charge in [0.05, 0.1) is 11.4 Å². The standard InChI is InChI=1S/C20H15F2N5O/c21-13-7-11(8-15(28)17(13)22)18-16-19(23)24-9-25-20(16)27(26-18)14-6-5-10-3-1-2-4-12(10)14/h1-4,7-9,14,28H,5-6H2,(H2,23,24,25). The number of anilines is 1. The fourth-order valence-corrected chi connectivity index (χ4v) is 3.91. The zero-order valence-corrected chi connectivity index (χ0v) is 14.6. The number of phenolic OH excluding ortho intramolecular Hbond substituents is 1. The number of phenols is 1. The van der Waals surface area contributed by atoms with Crippen molar-refractivity contribution in [2.45, 2.75) is 18.9 Å². The molecule has 5 rings (SSSR count). The Balaban J connectivity index is 1.77. The van der Waals surface area contributed by atoms with Gasteiger partial charge < -0.3 is 10.8 Å². The van der Waals surface area contributed by atoms with Crippen LogP contribution in [0.4, 0.5) is 14.6 Å². The average molecular weight is 379 g/mol. The van der Waals surface area contributed by atoms with Gasteiger partial charge in [0.15, 0.2) is 23.0 Å². The van der Waals surface area contributed by atoms with Crippen molar-refractivity contribution in [2.24, 2.45) is 0 Å². The lowest BCUT2D eigenvalue weighted by Crippen LogP contribution is -2.10. The molecule has 0 spiro atoms. The largest absolute Gasteiger partial charge is 0.505 e. The van der Waals surface area contributed by atoms with Crippen molar-refractivity contribution in [2.75, 3.05) is 5.73 Å². The van der Waals surface area contributed by atoms with E-state index >= 15 is 0 Å². The van der Waals surface area contributed by atoms with Crippen molar-refractivity contribution in [3.8, 4) is 17.0 Å². The van der Waals surface area contributed by atoms with E-state index in [1.54, 1.807) is 4.68 Å². The Morgan fingerprint density at radius 3 is 2.79 bits per heavy atom. The Morgan fingerprint density at radius 1 is 1.14 bits per heavy atom. The number of benzene rings is 2. The summed E-state index contributed by atoms with van der Waals surface area (Å²) in [7, 11) is 0. The summed E-state index contributed by atoms with van der Waals surface area (Å²) in [5.41, 5.74) is 9.46. The van der Waals surface area contributed by atoms with Crippen molar-refractivity contribution in [1.29, 1.82) is 0 Å². The number of nitrogen functional groups attached to an aromatic ring is 1. The molecule has 2 aromatic carbocycles. The number of aromatic hydroxyl groups is 1. The summed E-state index contributed by atoms with van der Waals surface area (Å²) in [6.45, 7) is 0. The van der Waals surface area contributed by atoms with Gasteiger partial charge in [-0.1, -0.05) is 24.3 Å². The molecule has 8 heteroatoms. The van der Waals surface area contributed by atoms with E-state index < -0.39 is 17.4 Å². The van der Waals surface area contributed by atoms with Crippen molar-refractivity contribution in [1.82, 2.24) is 19.7 Å². The molecule has 0 aliphatic heterocycles. The third-order valence-electron chi connectivity index (χ3n) is 5.20. The quantitative estimate of drug-likeness (QED) is 0.555. The fourth-order valence-electron chi connectivity index (χ4n) is 3.91. The summed E-state index contributed by atoms with van der Waals surface area (Å²) < 4.78 is 29.2. The van der Waals surface area contributed by atoms with Gasteiger partial charge in [-0.05, 0) is 36.1 Å². The van der Waals surface area contributed by atoms with Crippen molar-refractivity contribution in [3.63, 3.8) is 0 Å². The van der Waals surface area contributed by atoms with Crippen LogP contribution in [-0.4, -0.2) is 24.9 Å². The van der Waals surface area contributed by atoms with Crippen LogP contribution >= 0.6 is 0 Å². The molecule has 0 fully saturated rings. The molecule has 4 aromatic rings. The van der Waals surface area contributed by atoms with E-state index in [1.807, 2.05) is 18.2 Å². The van der Waals surface area contributed by atoms with Crippen LogP contribution in [-0.2, 0) is 6.42 Å². The number of fused-ring (bicyclic) bond motifs is 2. The minimum absolute atomic E-state index is 0.0550. The van der Waals surface area contributed by atoms with E-state index in [1.165, 1.54) is 11.9 Å². The lowest BCUT2D eigenvalue weighted by atomic mass is 10.1. The van der Waals surface area contributed by atoms with Crippen LogP contribution in [0.3, 0.4) is 0 Å². The Kier molecular flexibility index (Phi) is 3.55. The minimum atomic E-state index is -1.30. The molecular weight excluding hydrogens is 364 g/mol. The topological polar surface area (TPSA) is 89.8 Å². The Labute approximate surface area is 158 Å². The van der Waals surface area contributed by atoms with E-state index in [9.17, 15) is 13.9 Å². The summed E-state index contributed by atoms with van der Waals surface area (Å²) in [4.78, 5) is 8.37. The van der Waals surface area contributed by atoms with Gasteiger partial charge in [-0.15, -0.1) is 0 Å². The highest BCUT2D eigenvalue weighted by molar-refractivity contribution is 5.98. The highest BCUT2D eigenvalue weighted by Gasteiger charge is 2.28. The van der Waals surface area contributed by atoms with E-state index in [2.05, 4.69) is 21.1 Å². The smallest absolute Gasteiger partial charge is 0.200 e. The van der Waals surface area contributed by atoms with Gasteiger partial charge in [0.1, 0.15) is 17.8 Å². The second kappa shape index (κ2) is 5.98. The third-order valence-corrected chi connectivity index (χ3v) is 5.20. The first-order valence-corrected chi connectivity index (χ1v) is 8.79. The molecule has 0 saturated heterocycles. The number of aromatic nitrogens is 4. The first-order valence-electron chi connectivity index (χ1n) is 8.79. The highest BCUT2D eigenvalue weighted by Crippen LogP contribution is 2.39. The number of rotatable bonds is 2. The Bertz CT molecular complexity index is 1210. The van der Waals surface area contributed by atoms with Crippen molar-refractivity contribution >= 4 is 16.9 Å². The fraction of sp³-hybridized carbons (Fsp3) is 0.150. The highest BCUT2D eigenvalue weighted by atomic mass is 19.2. The average Bonchev–Trinajstić information content (AvgIpc) is 3.28. The van der Waals surface area contributed by atoms with Crippen molar-refractivity contribution < 1.29 is 13.9 Å². The maximum atomic E-state index is 13.9. The number of halogens is 2. The molecule has 0 bridgehead atoms. The summed E-state index contributed by atoms with van der Waals surface area (Å²) in [5, 5.41) is 14.8. The van der Waals surface area contributed by atoms with E-state index in [-0.39, 0.29) is 17.4 Å². The summed E-state index contributed by atoms with van der Waals surface area (Å²) >= 11 is 0. The molecule has 6 nitrogen and oxygen atoms in total. The Hall–Kier alpha value is -3.55. The van der Waals surface area contributed by atoms with Crippen LogP contribution in [0.2, 0.25) is 0 Å². The molecular formula is C20H15F2N5O. The SMILES string of the molecule is Nc1ncnc2c1c(-c1cc(O)c(F)c(F)c1)nn2C1CCc2ccccc21. The lowest BCUT2D eigenvalue weighted by Gasteiger charge is -2.13. The second-order valence-electron chi connectivity index (χ2n) is 6.80. The lowest BCUT2D eigenvalue weighted by molar-refractivity contribution is 0.407. The van der Waals surface area contributed by atoms with Gasteiger partial charge in [0.2, 0.25) is 0 Å². The third kappa shape index (κ3) is 2.34. The van der Waals surface area contributed by atoms with Crippen LogP contribution in [0.5, 0.6) is 5.75 Å². The number of aryl methyl sites for hydroxylation is 1.